The van der Waals surface area contributed by atoms with Crippen LogP contribution in [0.15, 0.2) is 54.6 Å². The summed E-state index contributed by atoms with van der Waals surface area (Å²) in [6.45, 7) is 0.480. The van der Waals surface area contributed by atoms with Crippen LogP contribution in [0.2, 0.25) is 0 Å². The summed E-state index contributed by atoms with van der Waals surface area (Å²) in [7, 11) is 0. The molecule has 0 aliphatic rings. The van der Waals surface area contributed by atoms with Gasteiger partial charge >= 0.3 is 0 Å². The van der Waals surface area contributed by atoms with Gasteiger partial charge in [0.05, 0.1) is 0 Å². The number of rotatable bonds is 3. The molecular weight excluding hydrogens is 214 g/mol. The van der Waals surface area contributed by atoms with Gasteiger partial charge in [-0.15, -0.1) is 5.10 Å². The Balaban J connectivity index is 1.82. The molecule has 0 fully saturated rings. The van der Waals surface area contributed by atoms with Crippen LogP contribution in [0.5, 0.6) is 0 Å². The van der Waals surface area contributed by atoms with Gasteiger partial charge in [-0.1, -0.05) is 47.3 Å². The van der Waals surface area contributed by atoms with Crippen LogP contribution in [0.1, 0.15) is 5.56 Å². The maximum Gasteiger partial charge on any atom is 0.142 e. The van der Waals surface area contributed by atoms with E-state index in [0.29, 0.717) is 6.61 Å². The predicted molar refractivity (Wildman–Crippen MR) is 64.3 cm³/mol. The quantitative estimate of drug-likeness (QED) is 0.685. The molecule has 2 aromatic carbocycles. The molecule has 0 radical (unpaired) electrons. The van der Waals surface area contributed by atoms with E-state index in [0.717, 1.165) is 16.6 Å². The Morgan fingerprint density at radius 2 is 1.71 bits per heavy atom. The van der Waals surface area contributed by atoms with Gasteiger partial charge in [-0.25, -0.2) is 0 Å². The van der Waals surface area contributed by atoms with Crippen molar-refractivity contribution < 1.29 is 4.84 Å². The minimum absolute atomic E-state index is 0.480. The summed E-state index contributed by atoms with van der Waals surface area (Å²) in [6.07, 6.45) is 0. The molecule has 4 nitrogen and oxygen atoms in total. The van der Waals surface area contributed by atoms with Crippen molar-refractivity contribution in [3.63, 3.8) is 0 Å². The van der Waals surface area contributed by atoms with Crippen molar-refractivity contribution in [1.82, 2.24) is 15.2 Å². The van der Waals surface area contributed by atoms with E-state index in [1.54, 1.807) is 0 Å². The van der Waals surface area contributed by atoms with Crippen LogP contribution in [-0.4, -0.2) is 15.2 Å². The topological polar surface area (TPSA) is 39.9 Å². The summed E-state index contributed by atoms with van der Waals surface area (Å²) in [5.41, 5.74) is 2.82. The molecule has 0 unspecified atom stereocenters. The number of nitrogens with zero attached hydrogens (tertiary/aromatic N) is 3. The lowest BCUT2D eigenvalue weighted by atomic mass is 10.2. The Morgan fingerprint density at radius 3 is 2.59 bits per heavy atom. The molecule has 1 heterocycles. The number of aromatic nitrogens is 3. The maximum absolute atomic E-state index is 5.59. The van der Waals surface area contributed by atoms with E-state index in [2.05, 4.69) is 10.3 Å². The molecule has 0 atom stereocenters. The molecule has 3 aromatic rings. The molecule has 0 aliphatic heterocycles. The van der Waals surface area contributed by atoms with E-state index < -0.39 is 0 Å². The Kier molecular flexibility index (Phi) is 2.46. The zero-order valence-corrected chi connectivity index (χ0v) is 9.15. The molecule has 17 heavy (non-hydrogen) atoms. The van der Waals surface area contributed by atoms with Crippen molar-refractivity contribution in [2.45, 2.75) is 6.61 Å². The third-order valence-electron chi connectivity index (χ3n) is 2.52. The van der Waals surface area contributed by atoms with Crippen molar-refractivity contribution in [3.05, 3.63) is 60.2 Å². The first-order valence-corrected chi connectivity index (χ1v) is 5.41. The average molecular weight is 225 g/mol. The zero-order valence-electron chi connectivity index (χ0n) is 9.15. The van der Waals surface area contributed by atoms with Gasteiger partial charge in [-0.2, -0.15) is 0 Å². The molecule has 0 saturated carbocycles. The molecular formula is C13H11N3O. The van der Waals surface area contributed by atoms with Crippen molar-refractivity contribution >= 4 is 11.0 Å². The van der Waals surface area contributed by atoms with E-state index in [-0.39, 0.29) is 0 Å². The fourth-order valence-corrected chi connectivity index (χ4v) is 1.65. The third-order valence-corrected chi connectivity index (χ3v) is 2.52. The van der Waals surface area contributed by atoms with Gasteiger partial charge in [0.25, 0.3) is 0 Å². The molecule has 84 valence electrons. The minimum Gasteiger partial charge on any atom is -0.390 e. The van der Waals surface area contributed by atoms with Crippen LogP contribution in [0.3, 0.4) is 0 Å². The number of fused-ring (bicyclic) bond motifs is 1. The van der Waals surface area contributed by atoms with Crippen molar-refractivity contribution in [2.24, 2.45) is 0 Å². The van der Waals surface area contributed by atoms with Crippen LogP contribution in [-0.2, 0) is 6.61 Å². The number of benzene rings is 2. The van der Waals surface area contributed by atoms with Crippen molar-refractivity contribution in [3.8, 4) is 0 Å². The maximum atomic E-state index is 5.59. The standard InChI is InChI=1S/C13H11N3O/c1-2-6-11(7-3-1)10-17-16-13-9-5-4-8-12(13)14-15-16/h1-9H,10H2. The summed E-state index contributed by atoms with van der Waals surface area (Å²) in [4.78, 5) is 7.05. The van der Waals surface area contributed by atoms with E-state index in [1.807, 2.05) is 54.6 Å². The highest BCUT2D eigenvalue weighted by molar-refractivity contribution is 5.73. The number of hydrogen-bond acceptors (Lipinski definition) is 3. The smallest absolute Gasteiger partial charge is 0.142 e. The first-order chi connectivity index (χ1) is 8.43. The lowest BCUT2D eigenvalue weighted by molar-refractivity contribution is 0.0752. The first kappa shape index (κ1) is 9.84. The molecule has 4 heteroatoms. The summed E-state index contributed by atoms with van der Waals surface area (Å²) in [5, 5.41) is 7.97. The molecule has 0 saturated heterocycles. The van der Waals surface area contributed by atoms with Gasteiger partial charge in [0.15, 0.2) is 0 Å². The number of hydrogen-bond donors (Lipinski definition) is 0. The Morgan fingerprint density at radius 1 is 0.941 bits per heavy atom. The zero-order chi connectivity index (χ0) is 11.5. The minimum atomic E-state index is 0.480. The fraction of sp³-hybridized carbons (Fsp3) is 0.0769. The van der Waals surface area contributed by atoms with Gasteiger partial charge in [0, 0.05) is 0 Å². The van der Waals surface area contributed by atoms with Crippen LogP contribution >= 0.6 is 0 Å². The second-order valence-electron chi connectivity index (χ2n) is 3.71. The van der Waals surface area contributed by atoms with Crippen LogP contribution < -0.4 is 4.84 Å². The van der Waals surface area contributed by atoms with E-state index in [4.69, 9.17) is 4.84 Å². The van der Waals surface area contributed by atoms with E-state index in [1.165, 1.54) is 4.85 Å². The molecule has 0 aliphatic carbocycles. The van der Waals surface area contributed by atoms with Crippen molar-refractivity contribution in [1.29, 1.82) is 0 Å². The predicted octanol–water partition coefficient (Wildman–Crippen LogP) is 2.06. The summed E-state index contributed by atoms with van der Waals surface area (Å²) >= 11 is 0. The lowest BCUT2D eigenvalue weighted by Gasteiger charge is -2.04. The fourth-order valence-electron chi connectivity index (χ4n) is 1.65. The Hall–Kier alpha value is -2.36. The first-order valence-electron chi connectivity index (χ1n) is 5.41. The van der Waals surface area contributed by atoms with Crippen LogP contribution in [0, 0.1) is 0 Å². The Labute approximate surface area is 98.4 Å². The van der Waals surface area contributed by atoms with E-state index in [9.17, 15) is 0 Å². The average Bonchev–Trinajstić information content (AvgIpc) is 2.81. The van der Waals surface area contributed by atoms with Gasteiger partial charge in [0.1, 0.15) is 17.6 Å². The lowest BCUT2D eigenvalue weighted by Crippen LogP contribution is -2.12. The molecule has 0 bridgehead atoms. The van der Waals surface area contributed by atoms with Gasteiger partial charge in [-0.3, -0.25) is 0 Å². The second kappa shape index (κ2) is 4.25. The largest absolute Gasteiger partial charge is 0.390 e. The van der Waals surface area contributed by atoms with Gasteiger partial charge in [0.2, 0.25) is 0 Å². The van der Waals surface area contributed by atoms with Gasteiger partial charge < -0.3 is 4.84 Å². The second-order valence-corrected chi connectivity index (χ2v) is 3.71. The molecule has 0 amide bonds. The Bertz CT molecular complexity index is 619. The highest BCUT2D eigenvalue weighted by Gasteiger charge is 2.03. The van der Waals surface area contributed by atoms with Gasteiger partial charge in [-0.05, 0) is 22.9 Å². The molecule has 3 rings (SSSR count). The van der Waals surface area contributed by atoms with E-state index >= 15 is 0 Å². The van der Waals surface area contributed by atoms with Crippen LogP contribution in [0.25, 0.3) is 11.0 Å². The third kappa shape index (κ3) is 1.97. The van der Waals surface area contributed by atoms with Crippen LogP contribution in [0.4, 0.5) is 0 Å². The number of para-hydroxylation sites is 1. The molecule has 1 aromatic heterocycles. The van der Waals surface area contributed by atoms with Crippen molar-refractivity contribution in [2.75, 3.05) is 0 Å². The molecule has 0 N–H and O–H groups in total. The highest BCUT2D eigenvalue weighted by Crippen LogP contribution is 2.08. The summed E-state index contributed by atoms with van der Waals surface area (Å²) < 4.78 is 0. The summed E-state index contributed by atoms with van der Waals surface area (Å²) in [5.74, 6) is 0. The monoisotopic (exact) mass is 225 g/mol. The highest BCUT2D eigenvalue weighted by atomic mass is 16.7. The molecule has 0 spiro atoms. The summed E-state index contributed by atoms with van der Waals surface area (Å²) in [6, 6.07) is 17.7. The normalized spacial score (nSPS) is 10.6. The SMILES string of the molecule is c1ccc(COn2nnc3ccccc32)cc1.